The van der Waals surface area contributed by atoms with E-state index in [1.54, 1.807) is 30.0 Å². The molecule has 1 aromatic heterocycles. The number of rotatable bonds is 7. The van der Waals surface area contributed by atoms with Gasteiger partial charge in [-0.2, -0.15) is 0 Å². The Balaban J connectivity index is 2.02. The summed E-state index contributed by atoms with van der Waals surface area (Å²) in [6, 6.07) is 4.98. The molecule has 2 aromatic rings. The van der Waals surface area contributed by atoms with E-state index in [1.165, 1.54) is 16.2 Å². The lowest BCUT2D eigenvalue weighted by molar-refractivity contribution is -0.133. The number of anilines is 1. The minimum Gasteiger partial charge on any atom is -0.333 e. The predicted octanol–water partition coefficient (Wildman–Crippen LogP) is 4.51. The molecule has 0 aliphatic rings. The molecule has 0 unspecified atom stereocenters. The van der Waals surface area contributed by atoms with E-state index in [0.29, 0.717) is 22.3 Å². The lowest BCUT2D eigenvalue weighted by Gasteiger charge is -2.20. The van der Waals surface area contributed by atoms with Crippen LogP contribution in [0.15, 0.2) is 22.5 Å². The highest BCUT2D eigenvalue weighted by Gasteiger charge is 2.19. The predicted molar refractivity (Wildman–Crippen MR) is 110 cm³/mol. The normalized spacial score (nSPS) is 10.7. The number of carbonyl (C=O) groups is 2. The van der Waals surface area contributed by atoms with E-state index < -0.39 is 0 Å². The van der Waals surface area contributed by atoms with Crippen molar-refractivity contribution < 1.29 is 9.59 Å². The number of amides is 2. The van der Waals surface area contributed by atoms with Crippen molar-refractivity contribution in [3.63, 3.8) is 0 Å². The smallest absolute Gasteiger partial charge is 0.244 e. The minimum atomic E-state index is -0.346. The first-order valence-corrected chi connectivity index (χ1v) is 10.7. The topological polar surface area (TPSA) is 62.3 Å². The van der Waals surface area contributed by atoms with Crippen LogP contribution in [0.5, 0.6) is 0 Å². The quantitative estimate of drug-likeness (QED) is 0.654. The number of thiazole rings is 1. The molecule has 1 heterocycles. The van der Waals surface area contributed by atoms with Crippen LogP contribution in [0.4, 0.5) is 5.69 Å². The van der Waals surface area contributed by atoms with Crippen LogP contribution in [0.3, 0.4) is 0 Å². The number of carbonyl (C=O) groups excluding carboxylic acids is 2. The molecular weight excluding hydrogens is 413 g/mol. The van der Waals surface area contributed by atoms with Crippen LogP contribution in [-0.2, 0) is 16.0 Å². The van der Waals surface area contributed by atoms with Crippen LogP contribution in [0.2, 0.25) is 10.0 Å². The highest BCUT2D eigenvalue weighted by Crippen LogP contribution is 2.30. The van der Waals surface area contributed by atoms with Gasteiger partial charge in [-0.05, 0) is 32.2 Å². The largest absolute Gasteiger partial charge is 0.333 e. The molecule has 0 fully saturated rings. The summed E-state index contributed by atoms with van der Waals surface area (Å²) in [5, 5.41) is 3.38. The molecule has 0 spiro atoms. The highest BCUT2D eigenvalue weighted by molar-refractivity contribution is 8.00. The third-order valence-corrected chi connectivity index (χ3v) is 6.43. The molecule has 0 radical (unpaired) electrons. The van der Waals surface area contributed by atoms with Gasteiger partial charge >= 0.3 is 0 Å². The van der Waals surface area contributed by atoms with E-state index in [-0.39, 0.29) is 24.8 Å². The number of halogens is 2. The molecular formula is C17H19Cl2N3O2S2. The molecule has 2 rings (SSSR count). The van der Waals surface area contributed by atoms with E-state index in [9.17, 15) is 9.59 Å². The number of benzene rings is 1. The first-order chi connectivity index (χ1) is 12.3. The zero-order valence-electron chi connectivity index (χ0n) is 14.6. The lowest BCUT2D eigenvalue weighted by atomic mass is 10.2. The van der Waals surface area contributed by atoms with Crippen LogP contribution >= 0.6 is 46.3 Å². The van der Waals surface area contributed by atoms with Crippen LogP contribution in [0, 0.1) is 6.92 Å². The molecule has 2 amide bonds. The van der Waals surface area contributed by atoms with Gasteiger partial charge in [-0.25, -0.2) is 4.98 Å². The maximum atomic E-state index is 12.6. The van der Waals surface area contributed by atoms with E-state index in [1.807, 2.05) is 20.1 Å². The van der Waals surface area contributed by atoms with Crippen molar-refractivity contribution in [1.29, 1.82) is 0 Å². The first-order valence-electron chi connectivity index (χ1n) is 7.87. The van der Waals surface area contributed by atoms with Crippen molar-refractivity contribution in [2.75, 3.05) is 24.7 Å². The van der Waals surface area contributed by atoms with Gasteiger partial charge in [-0.15, -0.1) is 11.3 Å². The standard InChI is InChI=1S/C17H19Cl2N3O2S2/c1-4-22(15(24)8-13-10(2)20-17(25-3)26-13)9-14(23)21-16-11(18)6-5-7-12(16)19/h5-7H,4,8-9H2,1-3H3,(H,21,23). The van der Waals surface area contributed by atoms with Crippen LogP contribution in [0.1, 0.15) is 17.5 Å². The second-order valence-electron chi connectivity index (χ2n) is 5.42. The molecule has 140 valence electrons. The summed E-state index contributed by atoms with van der Waals surface area (Å²) in [7, 11) is 0. The maximum Gasteiger partial charge on any atom is 0.244 e. The van der Waals surface area contributed by atoms with Crippen molar-refractivity contribution in [2.45, 2.75) is 24.6 Å². The summed E-state index contributed by atoms with van der Waals surface area (Å²) in [5.74, 6) is -0.465. The zero-order chi connectivity index (χ0) is 19.3. The number of likely N-dealkylation sites (N-methyl/N-ethyl adjacent to an activating group) is 1. The molecule has 0 bridgehead atoms. The maximum absolute atomic E-state index is 12.6. The lowest BCUT2D eigenvalue weighted by Crippen LogP contribution is -2.38. The van der Waals surface area contributed by atoms with Crippen molar-refractivity contribution in [2.24, 2.45) is 0 Å². The summed E-state index contributed by atoms with van der Waals surface area (Å²) in [4.78, 5) is 31.7. The van der Waals surface area contributed by atoms with Crippen molar-refractivity contribution in [3.8, 4) is 0 Å². The van der Waals surface area contributed by atoms with Crippen LogP contribution in [0.25, 0.3) is 0 Å². The molecule has 0 aliphatic heterocycles. The first kappa shape index (κ1) is 21.0. The van der Waals surface area contributed by atoms with Crippen molar-refractivity contribution in [3.05, 3.63) is 38.8 Å². The Bertz CT molecular complexity index is 791. The molecule has 26 heavy (non-hydrogen) atoms. The Labute approximate surface area is 171 Å². The van der Waals surface area contributed by atoms with Crippen molar-refractivity contribution >= 4 is 63.8 Å². The molecule has 0 aliphatic carbocycles. The fourth-order valence-corrected chi connectivity index (χ4v) is 4.39. The number of aromatic nitrogens is 1. The fraction of sp³-hybridized carbons (Fsp3) is 0.353. The Morgan fingerprint density at radius 1 is 1.31 bits per heavy atom. The summed E-state index contributed by atoms with van der Waals surface area (Å²) >= 11 is 15.2. The number of nitrogens with one attached hydrogen (secondary N) is 1. The summed E-state index contributed by atoms with van der Waals surface area (Å²) in [5.41, 5.74) is 1.21. The third-order valence-electron chi connectivity index (χ3n) is 3.66. The Morgan fingerprint density at radius 2 is 1.96 bits per heavy atom. The van der Waals surface area contributed by atoms with E-state index in [0.717, 1.165) is 14.9 Å². The number of aryl methyl sites for hydroxylation is 1. The SMILES string of the molecule is CCN(CC(=O)Nc1c(Cl)cccc1Cl)C(=O)Cc1sc(SC)nc1C. The summed E-state index contributed by atoms with van der Waals surface area (Å²) in [6.45, 7) is 4.08. The molecule has 0 saturated carbocycles. The van der Waals surface area contributed by atoms with Crippen LogP contribution in [-0.4, -0.2) is 41.0 Å². The second-order valence-corrected chi connectivity index (χ2v) is 8.37. The third kappa shape index (κ3) is 5.36. The van der Waals surface area contributed by atoms with Gasteiger partial charge in [-0.1, -0.05) is 41.0 Å². The highest BCUT2D eigenvalue weighted by atomic mass is 35.5. The van der Waals surface area contributed by atoms with Gasteiger partial charge in [0.15, 0.2) is 0 Å². The number of hydrogen-bond donors (Lipinski definition) is 1. The van der Waals surface area contributed by atoms with Gasteiger partial charge in [0.2, 0.25) is 11.8 Å². The fourth-order valence-electron chi connectivity index (χ4n) is 2.25. The average Bonchev–Trinajstić information content (AvgIpc) is 2.96. The molecule has 5 nitrogen and oxygen atoms in total. The average molecular weight is 432 g/mol. The van der Waals surface area contributed by atoms with Gasteiger partial charge in [-0.3, -0.25) is 9.59 Å². The van der Waals surface area contributed by atoms with E-state index in [4.69, 9.17) is 23.2 Å². The second kappa shape index (κ2) is 9.60. The van der Waals surface area contributed by atoms with Gasteiger partial charge < -0.3 is 10.2 Å². The number of thioether (sulfide) groups is 1. The molecule has 1 aromatic carbocycles. The molecule has 0 atom stereocenters. The Morgan fingerprint density at radius 3 is 2.50 bits per heavy atom. The Kier molecular flexibility index (Phi) is 7.76. The molecule has 1 N–H and O–H groups in total. The molecule has 0 saturated heterocycles. The van der Waals surface area contributed by atoms with E-state index >= 15 is 0 Å². The van der Waals surface area contributed by atoms with Crippen LogP contribution < -0.4 is 5.32 Å². The van der Waals surface area contributed by atoms with Gasteiger partial charge in [0, 0.05) is 11.4 Å². The van der Waals surface area contributed by atoms with Gasteiger partial charge in [0.05, 0.1) is 34.4 Å². The number of para-hydroxylation sites is 1. The van der Waals surface area contributed by atoms with E-state index in [2.05, 4.69) is 10.3 Å². The Hall–Kier alpha value is -1.28. The van der Waals surface area contributed by atoms with Gasteiger partial charge in [0.1, 0.15) is 4.34 Å². The number of nitrogens with zero attached hydrogens (tertiary/aromatic N) is 2. The molecule has 9 heteroatoms. The number of hydrogen-bond acceptors (Lipinski definition) is 5. The van der Waals surface area contributed by atoms with Gasteiger partial charge in [0.25, 0.3) is 0 Å². The monoisotopic (exact) mass is 431 g/mol. The zero-order valence-corrected chi connectivity index (χ0v) is 17.8. The van der Waals surface area contributed by atoms with Crippen molar-refractivity contribution in [1.82, 2.24) is 9.88 Å². The minimum absolute atomic E-state index is 0.0654. The summed E-state index contributed by atoms with van der Waals surface area (Å²) < 4.78 is 0.930. The summed E-state index contributed by atoms with van der Waals surface area (Å²) in [6.07, 6.45) is 2.18.